The van der Waals surface area contributed by atoms with Gasteiger partial charge in [0.15, 0.2) is 0 Å². The number of amides is 1. The van der Waals surface area contributed by atoms with Gasteiger partial charge in [0.25, 0.3) is 11.7 Å². The molecule has 1 aliphatic heterocycles. The number of ketones is 1. The average molecular weight is 486 g/mol. The Balaban J connectivity index is 1.90. The van der Waals surface area contributed by atoms with Gasteiger partial charge in [-0.1, -0.05) is 35.3 Å². The number of nitrogens with zero attached hydrogens (tertiary/aromatic N) is 1. The highest BCUT2D eigenvalue weighted by atomic mass is 35.5. The van der Waals surface area contributed by atoms with Gasteiger partial charge in [-0.15, -0.1) is 0 Å². The molecule has 0 spiro atoms. The van der Waals surface area contributed by atoms with Gasteiger partial charge in [-0.3, -0.25) is 14.5 Å². The molecule has 4 rings (SSSR count). The number of benzene rings is 3. The molecule has 168 valence electrons. The van der Waals surface area contributed by atoms with E-state index in [2.05, 4.69) is 0 Å². The smallest absolute Gasteiger partial charge is 0.300 e. The number of aliphatic hydroxyl groups excluding tert-OH is 1. The van der Waals surface area contributed by atoms with Gasteiger partial charge >= 0.3 is 0 Å². The first kappa shape index (κ1) is 22.8. The third kappa shape index (κ3) is 4.45. The van der Waals surface area contributed by atoms with Crippen molar-refractivity contribution in [3.63, 3.8) is 0 Å². The molecule has 0 saturated carbocycles. The first-order valence-corrected chi connectivity index (χ1v) is 10.8. The Morgan fingerprint density at radius 2 is 1.61 bits per heavy atom. The number of aliphatic hydroxyl groups is 1. The Morgan fingerprint density at radius 1 is 1.00 bits per heavy atom. The van der Waals surface area contributed by atoms with E-state index in [1.165, 1.54) is 47.4 Å². The standard InChI is InChI=1S/C25H18Cl2FNO4/c1-2-33-20-9-5-15(6-10-20)23(30)21-22(14-3-7-18(28)8-4-14)29(25(32)24(21)31)19-12-16(26)11-17(27)13-19/h3-13,22,30H,2H2,1H3/b23-21+. The van der Waals surface area contributed by atoms with Gasteiger partial charge in [0, 0.05) is 21.3 Å². The number of rotatable bonds is 5. The molecule has 0 aromatic heterocycles. The molecule has 0 aliphatic carbocycles. The zero-order valence-electron chi connectivity index (χ0n) is 17.4. The molecular formula is C25H18Cl2FNO4. The molecule has 1 N–H and O–H groups in total. The zero-order valence-corrected chi connectivity index (χ0v) is 18.9. The van der Waals surface area contributed by atoms with Crippen LogP contribution in [-0.4, -0.2) is 23.4 Å². The van der Waals surface area contributed by atoms with Gasteiger partial charge in [-0.25, -0.2) is 4.39 Å². The summed E-state index contributed by atoms with van der Waals surface area (Å²) in [5.41, 5.74) is 0.897. The number of carbonyl (C=O) groups is 2. The summed E-state index contributed by atoms with van der Waals surface area (Å²) in [5, 5.41) is 11.6. The van der Waals surface area contributed by atoms with Crippen molar-refractivity contribution in [1.82, 2.24) is 0 Å². The van der Waals surface area contributed by atoms with Crippen LogP contribution in [0.3, 0.4) is 0 Å². The molecule has 3 aromatic rings. The lowest BCUT2D eigenvalue weighted by Crippen LogP contribution is -2.29. The molecule has 5 nitrogen and oxygen atoms in total. The molecule has 8 heteroatoms. The zero-order chi connectivity index (χ0) is 23.7. The molecule has 1 unspecified atom stereocenters. The average Bonchev–Trinajstić information content (AvgIpc) is 3.04. The number of anilines is 1. The van der Waals surface area contributed by atoms with Crippen LogP contribution in [0.5, 0.6) is 5.75 Å². The molecule has 1 aliphatic rings. The van der Waals surface area contributed by atoms with Crippen LogP contribution in [0.25, 0.3) is 5.76 Å². The predicted octanol–water partition coefficient (Wildman–Crippen LogP) is 6.16. The maximum atomic E-state index is 13.6. The third-order valence-corrected chi connectivity index (χ3v) is 5.63. The summed E-state index contributed by atoms with van der Waals surface area (Å²) < 4.78 is 19.0. The molecule has 1 heterocycles. The van der Waals surface area contributed by atoms with Crippen LogP contribution < -0.4 is 9.64 Å². The summed E-state index contributed by atoms with van der Waals surface area (Å²) in [4.78, 5) is 27.4. The first-order chi connectivity index (χ1) is 15.8. The first-order valence-electron chi connectivity index (χ1n) is 10.1. The van der Waals surface area contributed by atoms with Crippen LogP contribution >= 0.6 is 23.2 Å². The van der Waals surface area contributed by atoms with Gasteiger partial charge in [0.05, 0.1) is 18.2 Å². The summed E-state index contributed by atoms with van der Waals surface area (Å²) in [6, 6.07) is 15.3. The minimum absolute atomic E-state index is 0.133. The lowest BCUT2D eigenvalue weighted by molar-refractivity contribution is -0.132. The van der Waals surface area contributed by atoms with Crippen molar-refractivity contribution >= 4 is 46.3 Å². The van der Waals surface area contributed by atoms with Crippen molar-refractivity contribution in [3.05, 3.63) is 99.3 Å². The van der Waals surface area contributed by atoms with E-state index < -0.39 is 23.5 Å². The van der Waals surface area contributed by atoms with E-state index in [9.17, 15) is 19.1 Å². The predicted molar refractivity (Wildman–Crippen MR) is 125 cm³/mol. The normalized spacial score (nSPS) is 17.5. The minimum Gasteiger partial charge on any atom is -0.507 e. The van der Waals surface area contributed by atoms with Crippen LogP contribution in [-0.2, 0) is 9.59 Å². The molecule has 33 heavy (non-hydrogen) atoms. The Morgan fingerprint density at radius 3 is 2.18 bits per heavy atom. The number of hydrogen-bond donors (Lipinski definition) is 1. The van der Waals surface area contributed by atoms with Crippen molar-refractivity contribution in [1.29, 1.82) is 0 Å². The van der Waals surface area contributed by atoms with Crippen LogP contribution in [0.4, 0.5) is 10.1 Å². The van der Waals surface area contributed by atoms with Crippen LogP contribution in [0.15, 0.2) is 72.3 Å². The highest BCUT2D eigenvalue weighted by Crippen LogP contribution is 2.43. The van der Waals surface area contributed by atoms with E-state index >= 15 is 0 Å². The Hall–Kier alpha value is -3.35. The molecule has 1 atom stereocenters. The van der Waals surface area contributed by atoms with Crippen molar-refractivity contribution in [2.24, 2.45) is 0 Å². The molecule has 0 bridgehead atoms. The van der Waals surface area contributed by atoms with Crippen molar-refractivity contribution in [3.8, 4) is 5.75 Å². The topological polar surface area (TPSA) is 66.8 Å². The second-order valence-corrected chi connectivity index (χ2v) is 8.18. The number of hydrogen-bond acceptors (Lipinski definition) is 4. The fourth-order valence-electron chi connectivity index (χ4n) is 3.77. The summed E-state index contributed by atoms with van der Waals surface area (Å²) in [6.45, 7) is 2.32. The fourth-order valence-corrected chi connectivity index (χ4v) is 4.28. The molecule has 0 radical (unpaired) electrons. The van der Waals surface area contributed by atoms with E-state index in [0.29, 0.717) is 23.5 Å². The van der Waals surface area contributed by atoms with Gasteiger partial charge in [-0.2, -0.15) is 0 Å². The monoisotopic (exact) mass is 485 g/mol. The van der Waals surface area contributed by atoms with Gasteiger partial charge in [-0.05, 0) is 67.1 Å². The maximum absolute atomic E-state index is 13.6. The highest BCUT2D eigenvalue weighted by molar-refractivity contribution is 6.52. The summed E-state index contributed by atoms with van der Waals surface area (Å²) in [6.07, 6.45) is 0. The van der Waals surface area contributed by atoms with Crippen molar-refractivity contribution in [2.75, 3.05) is 11.5 Å². The third-order valence-electron chi connectivity index (χ3n) is 5.19. The van der Waals surface area contributed by atoms with Gasteiger partial charge in [0.2, 0.25) is 0 Å². The minimum atomic E-state index is -1.02. The maximum Gasteiger partial charge on any atom is 0.300 e. The summed E-state index contributed by atoms with van der Waals surface area (Å²) in [5.74, 6) is -1.99. The molecule has 1 fully saturated rings. The van der Waals surface area contributed by atoms with E-state index in [4.69, 9.17) is 27.9 Å². The number of halogens is 3. The molecular weight excluding hydrogens is 468 g/mol. The van der Waals surface area contributed by atoms with Gasteiger partial charge < -0.3 is 9.84 Å². The number of carbonyl (C=O) groups excluding carboxylic acids is 2. The van der Waals surface area contributed by atoms with Crippen molar-refractivity contribution in [2.45, 2.75) is 13.0 Å². The SMILES string of the molecule is CCOc1ccc(/C(O)=C2\C(=O)C(=O)N(c3cc(Cl)cc(Cl)c3)C2c2ccc(F)cc2)cc1. The van der Waals surface area contributed by atoms with Crippen molar-refractivity contribution < 1.29 is 23.8 Å². The second-order valence-electron chi connectivity index (χ2n) is 7.31. The highest BCUT2D eigenvalue weighted by Gasteiger charge is 2.47. The molecule has 1 saturated heterocycles. The van der Waals surface area contributed by atoms with Crippen LogP contribution in [0.2, 0.25) is 10.0 Å². The summed E-state index contributed by atoms with van der Waals surface area (Å²) >= 11 is 12.3. The molecule has 1 amide bonds. The van der Waals surface area contributed by atoms with E-state index in [-0.39, 0.29) is 27.1 Å². The quantitative estimate of drug-likeness (QED) is 0.267. The van der Waals surface area contributed by atoms with E-state index in [1.54, 1.807) is 24.3 Å². The van der Waals surface area contributed by atoms with E-state index in [0.717, 1.165) is 0 Å². The van der Waals surface area contributed by atoms with E-state index in [1.807, 2.05) is 6.92 Å². The molecule has 3 aromatic carbocycles. The Kier molecular flexibility index (Phi) is 6.40. The summed E-state index contributed by atoms with van der Waals surface area (Å²) in [7, 11) is 0. The lowest BCUT2D eigenvalue weighted by Gasteiger charge is -2.25. The second kappa shape index (κ2) is 9.25. The Labute approximate surface area is 199 Å². The fraction of sp³-hybridized carbons (Fsp3) is 0.120. The van der Waals surface area contributed by atoms with Gasteiger partial charge in [0.1, 0.15) is 17.3 Å². The number of Topliss-reactive ketones (excluding diaryl/α,β-unsaturated/α-hetero) is 1. The van der Waals surface area contributed by atoms with Crippen LogP contribution in [0, 0.1) is 5.82 Å². The number of ether oxygens (including phenoxy) is 1. The largest absolute Gasteiger partial charge is 0.507 e. The van der Waals surface area contributed by atoms with Crippen LogP contribution in [0.1, 0.15) is 24.1 Å². The lowest BCUT2D eigenvalue weighted by atomic mass is 9.95. The Bertz CT molecular complexity index is 1240.